The van der Waals surface area contributed by atoms with Crippen LogP contribution < -0.4 is 14.8 Å². The van der Waals surface area contributed by atoms with E-state index in [1.165, 1.54) is 6.08 Å². The van der Waals surface area contributed by atoms with Crippen molar-refractivity contribution in [1.29, 1.82) is 0 Å². The summed E-state index contributed by atoms with van der Waals surface area (Å²) in [6.07, 6.45) is 4.23. The van der Waals surface area contributed by atoms with Gasteiger partial charge in [0.25, 0.3) is 0 Å². The molecule has 0 radical (unpaired) electrons. The summed E-state index contributed by atoms with van der Waals surface area (Å²) in [4.78, 5) is 12.3. The van der Waals surface area contributed by atoms with E-state index in [2.05, 4.69) is 12.2 Å². The number of nitrogens with one attached hydrogen (secondary N) is 1. The van der Waals surface area contributed by atoms with E-state index in [1.807, 2.05) is 62.4 Å². The molecule has 132 valence electrons. The summed E-state index contributed by atoms with van der Waals surface area (Å²) in [5.41, 5.74) is 1.53. The summed E-state index contributed by atoms with van der Waals surface area (Å²) in [6, 6.07) is 15.1. The number of anilines is 1. The standard InChI is InChI=1S/C21H25NO3/c1-4-15-24-19-11-7-5-9-17(19)13-14-21(23)22-18-10-6-8-12-20(18)25-16(2)3/h5-14,16H,4,15H2,1-3H3,(H,22,23)/b14-13+. The normalized spacial score (nSPS) is 10.9. The Bertz CT molecular complexity index is 723. The number of hydrogen-bond acceptors (Lipinski definition) is 3. The number of carbonyl (C=O) groups is 1. The predicted molar refractivity (Wildman–Crippen MR) is 102 cm³/mol. The van der Waals surface area contributed by atoms with Gasteiger partial charge in [0, 0.05) is 11.6 Å². The summed E-state index contributed by atoms with van der Waals surface area (Å²) in [7, 11) is 0. The van der Waals surface area contributed by atoms with E-state index in [0.29, 0.717) is 18.0 Å². The second-order valence-corrected chi connectivity index (χ2v) is 5.87. The van der Waals surface area contributed by atoms with E-state index in [9.17, 15) is 4.79 Å². The summed E-state index contributed by atoms with van der Waals surface area (Å²) in [6.45, 7) is 6.61. The largest absolute Gasteiger partial charge is 0.493 e. The Morgan fingerprint density at radius 3 is 2.48 bits per heavy atom. The van der Waals surface area contributed by atoms with Crippen LogP contribution in [0.4, 0.5) is 5.69 Å². The van der Waals surface area contributed by atoms with Crippen LogP contribution in [0.1, 0.15) is 32.8 Å². The molecule has 2 aromatic carbocycles. The predicted octanol–water partition coefficient (Wildman–Crippen LogP) is 4.91. The average Bonchev–Trinajstić information content (AvgIpc) is 2.60. The van der Waals surface area contributed by atoms with Crippen LogP contribution in [-0.4, -0.2) is 18.6 Å². The lowest BCUT2D eigenvalue weighted by atomic mass is 10.2. The van der Waals surface area contributed by atoms with Crippen LogP contribution >= 0.6 is 0 Å². The molecule has 25 heavy (non-hydrogen) atoms. The average molecular weight is 339 g/mol. The molecule has 0 bridgehead atoms. The van der Waals surface area contributed by atoms with Crippen molar-refractivity contribution in [2.45, 2.75) is 33.3 Å². The number of hydrogen-bond donors (Lipinski definition) is 1. The lowest BCUT2D eigenvalue weighted by molar-refractivity contribution is -0.111. The minimum atomic E-state index is -0.217. The highest BCUT2D eigenvalue weighted by atomic mass is 16.5. The number of amides is 1. The zero-order valence-electron chi connectivity index (χ0n) is 15.0. The van der Waals surface area contributed by atoms with Crippen molar-refractivity contribution in [2.75, 3.05) is 11.9 Å². The van der Waals surface area contributed by atoms with Gasteiger partial charge >= 0.3 is 0 Å². The van der Waals surface area contributed by atoms with Crippen LogP contribution in [0.5, 0.6) is 11.5 Å². The fraction of sp³-hybridized carbons (Fsp3) is 0.286. The van der Waals surface area contributed by atoms with Gasteiger partial charge in [-0.3, -0.25) is 4.79 Å². The highest BCUT2D eigenvalue weighted by Crippen LogP contribution is 2.25. The third-order valence-corrected chi connectivity index (χ3v) is 3.30. The Kier molecular flexibility index (Phi) is 7.08. The van der Waals surface area contributed by atoms with Gasteiger partial charge in [0.15, 0.2) is 0 Å². The molecule has 4 nitrogen and oxygen atoms in total. The third kappa shape index (κ3) is 5.99. The fourth-order valence-corrected chi connectivity index (χ4v) is 2.23. The van der Waals surface area contributed by atoms with Crippen LogP contribution in [0.25, 0.3) is 6.08 Å². The van der Waals surface area contributed by atoms with Gasteiger partial charge in [-0.2, -0.15) is 0 Å². The number of rotatable bonds is 8. The highest BCUT2D eigenvalue weighted by Gasteiger charge is 2.07. The quantitative estimate of drug-likeness (QED) is 0.695. The first kappa shape index (κ1) is 18.6. The van der Waals surface area contributed by atoms with E-state index >= 15 is 0 Å². The number of ether oxygens (including phenoxy) is 2. The molecule has 1 N–H and O–H groups in total. The van der Waals surface area contributed by atoms with Crippen LogP contribution in [0.3, 0.4) is 0 Å². The van der Waals surface area contributed by atoms with E-state index in [1.54, 1.807) is 6.08 Å². The second-order valence-electron chi connectivity index (χ2n) is 5.87. The summed E-state index contributed by atoms with van der Waals surface area (Å²) < 4.78 is 11.4. The third-order valence-electron chi connectivity index (χ3n) is 3.30. The molecule has 0 saturated carbocycles. The van der Waals surface area contributed by atoms with E-state index in [0.717, 1.165) is 17.7 Å². The first-order chi connectivity index (χ1) is 12.1. The summed E-state index contributed by atoms with van der Waals surface area (Å²) in [5, 5.41) is 2.86. The molecule has 0 fully saturated rings. The molecule has 0 unspecified atom stereocenters. The Morgan fingerprint density at radius 1 is 1.08 bits per heavy atom. The SMILES string of the molecule is CCCOc1ccccc1/C=C/C(=O)Nc1ccccc1OC(C)C. The van der Waals surface area contributed by atoms with Crippen molar-refractivity contribution in [2.24, 2.45) is 0 Å². The molecule has 0 saturated heterocycles. The van der Waals surface area contributed by atoms with Crippen LogP contribution in [-0.2, 0) is 4.79 Å². The Labute approximate surface area is 149 Å². The lowest BCUT2D eigenvalue weighted by Gasteiger charge is -2.14. The van der Waals surface area contributed by atoms with Gasteiger partial charge in [0.1, 0.15) is 11.5 Å². The van der Waals surface area contributed by atoms with Crippen molar-refractivity contribution >= 4 is 17.7 Å². The monoisotopic (exact) mass is 339 g/mol. The Hall–Kier alpha value is -2.75. The molecule has 0 aliphatic carbocycles. The summed E-state index contributed by atoms with van der Waals surface area (Å²) in [5.74, 6) is 1.22. The van der Waals surface area contributed by atoms with Crippen LogP contribution in [0.15, 0.2) is 54.6 Å². The van der Waals surface area contributed by atoms with Crippen molar-refractivity contribution in [3.8, 4) is 11.5 Å². The van der Waals surface area contributed by atoms with Gasteiger partial charge in [-0.05, 0) is 44.5 Å². The molecule has 0 atom stereocenters. The van der Waals surface area contributed by atoms with Crippen LogP contribution in [0, 0.1) is 0 Å². The molecule has 0 aromatic heterocycles. The topological polar surface area (TPSA) is 47.6 Å². The second kappa shape index (κ2) is 9.52. The maximum absolute atomic E-state index is 12.3. The molecular weight excluding hydrogens is 314 g/mol. The molecule has 2 rings (SSSR count). The molecule has 0 aliphatic rings. The minimum absolute atomic E-state index is 0.0381. The van der Waals surface area contributed by atoms with E-state index in [-0.39, 0.29) is 12.0 Å². The minimum Gasteiger partial charge on any atom is -0.493 e. The zero-order chi connectivity index (χ0) is 18.1. The highest BCUT2D eigenvalue weighted by molar-refractivity contribution is 6.02. The van der Waals surface area contributed by atoms with Gasteiger partial charge in [0.05, 0.1) is 18.4 Å². The fourth-order valence-electron chi connectivity index (χ4n) is 2.23. The lowest BCUT2D eigenvalue weighted by Crippen LogP contribution is -2.12. The maximum Gasteiger partial charge on any atom is 0.248 e. The summed E-state index contributed by atoms with van der Waals surface area (Å²) >= 11 is 0. The number of carbonyl (C=O) groups excluding carboxylic acids is 1. The Morgan fingerprint density at radius 2 is 1.76 bits per heavy atom. The first-order valence-corrected chi connectivity index (χ1v) is 8.56. The maximum atomic E-state index is 12.3. The van der Waals surface area contributed by atoms with Crippen molar-refractivity contribution in [1.82, 2.24) is 0 Å². The first-order valence-electron chi connectivity index (χ1n) is 8.56. The van der Waals surface area contributed by atoms with Crippen LogP contribution in [0.2, 0.25) is 0 Å². The Balaban J connectivity index is 2.07. The van der Waals surface area contributed by atoms with Gasteiger partial charge in [-0.25, -0.2) is 0 Å². The smallest absolute Gasteiger partial charge is 0.248 e. The zero-order valence-corrected chi connectivity index (χ0v) is 15.0. The molecule has 2 aromatic rings. The van der Waals surface area contributed by atoms with Gasteiger partial charge in [-0.1, -0.05) is 37.3 Å². The molecular formula is C21H25NO3. The molecule has 0 spiro atoms. The van der Waals surface area contributed by atoms with Gasteiger partial charge in [0.2, 0.25) is 5.91 Å². The van der Waals surface area contributed by atoms with Crippen molar-refractivity contribution < 1.29 is 14.3 Å². The van der Waals surface area contributed by atoms with Crippen molar-refractivity contribution in [3.63, 3.8) is 0 Å². The van der Waals surface area contributed by atoms with Crippen molar-refractivity contribution in [3.05, 3.63) is 60.2 Å². The van der Waals surface area contributed by atoms with Gasteiger partial charge in [-0.15, -0.1) is 0 Å². The number of benzene rings is 2. The molecule has 0 heterocycles. The van der Waals surface area contributed by atoms with Gasteiger partial charge < -0.3 is 14.8 Å². The van der Waals surface area contributed by atoms with E-state index < -0.39 is 0 Å². The molecule has 0 aliphatic heterocycles. The van der Waals surface area contributed by atoms with E-state index in [4.69, 9.17) is 9.47 Å². The molecule has 4 heteroatoms. The molecule has 1 amide bonds. The number of para-hydroxylation sites is 3.